The molecule has 1 aromatic carbocycles. The predicted octanol–water partition coefficient (Wildman–Crippen LogP) is 0.0943. The second-order valence-electron chi connectivity index (χ2n) is 4.43. The number of aliphatic hydroxyl groups is 1. The third-order valence-electron chi connectivity index (χ3n) is 3.03. The van der Waals surface area contributed by atoms with Gasteiger partial charge in [0, 0.05) is 7.05 Å². The second-order valence-corrected chi connectivity index (χ2v) is 6.20. The fraction of sp³-hybridized carbons (Fsp3) is 0.333. The van der Waals surface area contributed by atoms with Gasteiger partial charge in [0.15, 0.2) is 0 Å². The van der Waals surface area contributed by atoms with E-state index >= 15 is 0 Å². The smallest absolute Gasteiger partial charge is 0.240 e. The van der Waals surface area contributed by atoms with Crippen LogP contribution in [0, 0.1) is 6.92 Å². The predicted molar refractivity (Wildman–Crippen MR) is 72.1 cm³/mol. The van der Waals surface area contributed by atoms with Crippen LogP contribution < -0.4 is 4.72 Å². The number of aliphatic hydroxyl groups excluding tert-OH is 1. The van der Waals surface area contributed by atoms with E-state index in [1.165, 1.54) is 18.5 Å². The molecule has 20 heavy (non-hydrogen) atoms. The van der Waals surface area contributed by atoms with Crippen molar-refractivity contribution < 1.29 is 13.5 Å². The number of rotatable bonds is 5. The zero-order chi connectivity index (χ0) is 14.8. The van der Waals surface area contributed by atoms with Gasteiger partial charge < -0.3 is 9.67 Å². The Morgan fingerprint density at radius 1 is 1.40 bits per heavy atom. The molecule has 108 valence electrons. The summed E-state index contributed by atoms with van der Waals surface area (Å²) in [4.78, 5) is 0.120. The van der Waals surface area contributed by atoms with Crippen molar-refractivity contribution in [3.63, 3.8) is 0 Å². The zero-order valence-electron chi connectivity index (χ0n) is 11.2. The Labute approximate surface area is 117 Å². The molecular weight excluding hydrogens is 280 g/mol. The highest BCUT2D eigenvalue weighted by atomic mass is 32.2. The molecule has 7 nitrogen and oxygen atoms in total. The number of aromatic nitrogens is 3. The topological polar surface area (TPSA) is 97.1 Å². The molecule has 0 aliphatic carbocycles. The van der Waals surface area contributed by atoms with Gasteiger partial charge in [0.05, 0.1) is 18.0 Å². The molecule has 0 aliphatic heterocycles. The normalized spacial score (nSPS) is 11.8. The monoisotopic (exact) mass is 296 g/mol. The number of sulfonamides is 1. The molecule has 2 N–H and O–H groups in total. The molecule has 0 saturated heterocycles. The minimum absolute atomic E-state index is 0.0567. The first-order chi connectivity index (χ1) is 9.44. The summed E-state index contributed by atoms with van der Waals surface area (Å²) >= 11 is 0. The molecule has 0 amide bonds. The van der Waals surface area contributed by atoms with E-state index in [1.807, 2.05) is 6.92 Å². The number of hydrogen-bond donors (Lipinski definition) is 2. The van der Waals surface area contributed by atoms with Crippen LogP contribution in [-0.2, 0) is 30.2 Å². The van der Waals surface area contributed by atoms with Crippen molar-refractivity contribution in [3.8, 4) is 0 Å². The van der Waals surface area contributed by atoms with Crippen LogP contribution in [0.2, 0.25) is 0 Å². The van der Waals surface area contributed by atoms with Crippen LogP contribution in [0.4, 0.5) is 0 Å². The van der Waals surface area contributed by atoms with E-state index < -0.39 is 10.0 Å². The molecule has 0 atom stereocenters. The lowest BCUT2D eigenvalue weighted by molar-refractivity contribution is 0.280. The Bertz CT molecular complexity index is 709. The summed E-state index contributed by atoms with van der Waals surface area (Å²) in [5, 5.41) is 16.7. The largest absolute Gasteiger partial charge is 0.392 e. The van der Waals surface area contributed by atoms with Crippen molar-refractivity contribution >= 4 is 10.0 Å². The maximum atomic E-state index is 12.2. The molecule has 0 aliphatic rings. The minimum Gasteiger partial charge on any atom is -0.392 e. The molecule has 0 saturated carbocycles. The summed E-state index contributed by atoms with van der Waals surface area (Å²) in [6.07, 6.45) is 1.50. The molecule has 1 heterocycles. The average Bonchev–Trinajstić information content (AvgIpc) is 2.82. The average molecular weight is 296 g/mol. The fourth-order valence-corrected chi connectivity index (χ4v) is 2.73. The molecule has 2 rings (SSSR count). The third kappa shape index (κ3) is 3.03. The van der Waals surface area contributed by atoms with E-state index in [-0.39, 0.29) is 18.0 Å². The van der Waals surface area contributed by atoms with E-state index in [0.717, 1.165) is 5.56 Å². The second kappa shape index (κ2) is 5.70. The summed E-state index contributed by atoms with van der Waals surface area (Å²) in [6, 6.07) is 4.64. The van der Waals surface area contributed by atoms with Crippen LogP contribution >= 0.6 is 0 Å². The Kier molecular flexibility index (Phi) is 4.17. The summed E-state index contributed by atoms with van der Waals surface area (Å²) < 4.78 is 28.4. The highest BCUT2D eigenvalue weighted by Crippen LogP contribution is 2.15. The fourth-order valence-electron chi connectivity index (χ4n) is 1.70. The lowest BCUT2D eigenvalue weighted by Crippen LogP contribution is -2.25. The molecule has 8 heteroatoms. The highest BCUT2D eigenvalue weighted by molar-refractivity contribution is 7.89. The van der Waals surface area contributed by atoms with Crippen molar-refractivity contribution in [1.82, 2.24) is 19.5 Å². The van der Waals surface area contributed by atoms with Crippen LogP contribution in [0.5, 0.6) is 0 Å². The van der Waals surface area contributed by atoms with Crippen LogP contribution in [0.3, 0.4) is 0 Å². The van der Waals surface area contributed by atoms with Gasteiger partial charge in [-0.1, -0.05) is 6.07 Å². The highest BCUT2D eigenvalue weighted by Gasteiger charge is 2.16. The molecule has 0 radical (unpaired) electrons. The third-order valence-corrected chi connectivity index (χ3v) is 4.43. The van der Waals surface area contributed by atoms with Crippen LogP contribution in [-0.4, -0.2) is 28.3 Å². The van der Waals surface area contributed by atoms with E-state index in [1.54, 1.807) is 17.7 Å². The van der Waals surface area contributed by atoms with Gasteiger partial charge in [-0.05, 0) is 30.2 Å². The lowest BCUT2D eigenvalue weighted by Gasteiger charge is -2.09. The van der Waals surface area contributed by atoms with E-state index in [2.05, 4.69) is 14.9 Å². The van der Waals surface area contributed by atoms with Gasteiger partial charge in [-0.2, -0.15) is 0 Å². The molecule has 0 unspecified atom stereocenters. The van der Waals surface area contributed by atoms with Crippen molar-refractivity contribution in [1.29, 1.82) is 0 Å². The van der Waals surface area contributed by atoms with Gasteiger partial charge >= 0.3 is 0 Å². The van der Waals surface area contributed by atoms with Gasteiger partial charge in [-0.25, -0.2) is 13.1 Å². The van der Waals surface area contributed by atoms with Crippen LogP contribution in [0.1, 0.15) is 17.0 Å². The van der Waals surface area contributed by atoms with E-state index in [0.29, 0.717) is 11.4 Å². The van der Waals surface area contributed by atoms with Crippen LogP contribution in [0.25, 0.3) is 0 Å². The molecule has 0 fully saturated rings. The van der Waals surface area contributed by atoms with Crippen molar-refractivity contribution in [2.24, 2.45) is 7.05 Å². The van der Waals surface area contributed by atoms with Crippen molar-refractivity contribution in [3.05, 3.63) is 41.5 Å². The van der Waals surface area contributed by atoms with Crippen LogP contribution in [0.15, 0.2) is 29.4 Å². The molecule has 0 spiro atoms. The summed E-state index contributed by atoms with van der Waals surface area (Å²) in [5.41, 5.74) is 1.44. The van der Waals surface area contributed by atoms with Crippen molar-refractivity contribution in [2.75, 3.05) is 0 Å². The van der Waals surface area contributed by atoms with Gasteiger partial charge in [0.1, 0.15) is 12.2 Å². The number of nitrogens with one attached hydrogen (secondary N) is 1. The SMILES string of the molecule is Cc1ccc(S(=O)(=O)NCc2nncn2C)cc1CO. The number of benzene rings is 1. The Balaban J connectivity index is 2.20. The van der Waals surface area contributed by atoms with Gasteiger partial charge in [-0.3, -0.25) is 0 Å². The maximum Gasteiger partial charge on any atom is 0.240 e. The molecule has 2 aromatic rings. The maximum absolute atomic E-state index is 12.2. The first-order valence-corrected chi connectivity index (χ1v) is 7.45. The van der Waals surface area contributed by atoms with Gasteiger partial charge in [0.2, 0.25) is 10.0 Å². The Hall–Kier alpha value is -1.77. The number of aryl methyl sites for hydroxylation is 2. The Morgan fingerprint density at radius 2 is 2.15 bits per heavy atom. The quantitative estimate of drug-likeness (QED) is 0.815. The zero-order valence-corrected chi connectivity index (χ0v) is 12.1. The van der Waals surface area contributed by atoms with Crippen molar-refractivity contribution in [2.45, 2.75) is 25.0 Å². The molecular formula is C12H16N4O3S. The lowest BCUT2D eigenvalue weighted by atomic mass is 10.1. The summed E-state index contributed by atoms with van der Waals surface area (Å²) in [6.45, 7) is 1.68. The minimum atomic E-state index is -3.64. The summed E-state index contributed by atoms with van der Waals surface area (Å²) in [7, 11) is -1.91. The number of nitrogens with zero attached hydrogens (tertiary/aromatic N) is 3. The van der Waals surface area contributed by atoms with Gasteiger partial charge in [0.25, 0.3) is 0 Å². The number of hydrogen-bond acceptors (Lipinski definition) is 5. The van der Waals surface area contributed by atoms with E-state index in [9.17, 15) is 13.5 Å². The Morgan fingerprint density at radius 3 is 2.75 bits per heavy atom. The van der Waals surface area contributed by atoms with E-state index in [4.69, 9.17) is 0 Å². The first-order valence-electron chi connectivity index (χ1n) is 5.97. The first kappa shape index (κ1) is 14.6. The molecule has 1 aromatic heterocycles. The standard InChI is InChI=1S/C12H16N4O3S/c1-9-3-4-11(5-10(9)7-17)20(18,19)14-6-12-15-13-8-16(12)2/h3-5,8,14,17H,6-7H2,1-2H3. The summed E-state index contributed by atoms with van der Waals surface area (Å²) in [5.74, 6) is 0.517. The molecule has 0 bridgehead atoms. The van der Waals surface area contributed by atoms with Gasteiger partial charge in [-0.15, -0.1) is 10.2 Å².